The van der Waals surface area contributed by atoms with E-state index in [1.54, 1.807) is 0 Å². The molecule has 0 spiro atoms. The number of fused-ring (bicyclic) bond motifs is 3. The Morgan fingerprint density at radius 2 is 2.20 bits per heavy atom. The van der Waals surface area contributed by atoms with Crippen LogP contribution in [0.15, 0.2) is 12.1 Å². The van der Waals surface area contributed by atoms with Gasteiger partial charge in [0.25, 0.3) is 0 Å². The van der Waals surface area contributed by atoms with E-state index < -0.39 is 92.8 Å². The van der Waals surface area contributed by atoms with Crippen LogP contribution in [0, 0.1) is 17.7 Å². The fourth-order valence-electron chi connectivity index (χ4n) is 3.15. The summed E-state index contributed by atoms with van der Waals surface area (Å²) in [5, 5.41) is 0. The second-order valence-corrected chi connectivity index (χ2v) is 7.39. The Labute approximate surface area is 203 Å². The fraction of sp³-hybridized carbons (Fsp3) is 0.708. The molecule has 30 heavy (non-hydrogen) atoms. The fourth-order valence-corrected chi connectivity index (χ4v) is 3.15. The molecule has 1 aromatic rings. The van der Waals surface area contributed by atoms with Gasteiger partial charge >= 0.3 is 5.97 Å². The first-order chi connectivity index (χ1) is 20.3. The molecular weight excluding hydrogens is 380 g/mol. The van der Waals surface area contributed by atoms with Crippen molar-refractivity contribution in [2.75, 3.05) is 27.2 Å². The Morgan fingerprint density at radius 3 is 2.87 bits per heavy atom. The van der Waals surface area contributed by atoms with Crippen molar-refractivity contribution < 1.29 is 40.9 Å². The van der Waals surface area contributed by atoms with E-state index in [9.17, 15) is 14.4 Å². The molecule has 1 aromatic carbocycles. The minimum Gasteiger partial charge on any atom is -0.493 e. The summed E-state index contributed by atoms with van der Waals surface area (Å²) in [5.74, 6) is -10.5. The number of hydrogen-bond donors (Lipinski definition) is 1. The lowest BCUT2D eigenvalue weighted by atomic mass is 9.79. The van der Waals surface area contributed by atoms with Gasteiger partial charge in [-0.1, -0.05) is 27.6 Å². The molecule has 0 amide bonds. The van der Waals surface area contributed by atoms with Crippen molar-refractivity contribution in [2.45, 2.75) is 64.9 Å². The van der Waals surface area contributed by atoms with Gasteiger partial charge < -0.3 is 19.9 Å². The number of benzene rings is 1. The third-order valence-corrected chi connectivity index (χ3v) is 4.84. The molecule has 6 heteroatoms. The van der Waals surface area contributed by atoms with Gasteiger partial charge in [-0.3, -0.25) is 9.69 Å². The highest BCUT2D eigenvalue weighted by Gasteiger charge is 2.41. The van der Waals surface area contributed by atoms with Crippen LogP contribution in [0.4, 0.5) is 0 Å². The number of hydrogen-bond acceptors (Lipinski definition) is 6. The highest BCUT2D eigenvalue weighted by Crippen LogP contribution is 2.44. The highest BCUT2D eigenvalue weighted by atomic mass is 16.5. The monoisotopic (exact) mass is 434 g/mol. The number of nitrogens with zero attached hydrogens (tertiary/aromatic N) is 1. The highest BCUT2D eigenvalue weighted by molar-refractivity contribution is 5.76. The van der Waals surface area contributed by atoms with Crippen LogP contribution < -0.4 is 15.2 Å². The van der Waals surface area contributed by atoms with Gasteiger partial charge in [0, 0.05) is 46.4 Å². The third-order valence-electron chi connectivity index (χ3n) is 4.84. The molecular formula is C24H38N2O4. The molecule has 0 bridgehead atoms. The molecule has 168 valence electrons. The van der Waals surface area contributed by atoms with Crippen molar-refractivity contribution in [1.82, 2.24) is 4.90 Å². The predicted octanol–water partition coefficient (Wildman–Crippen LogP) is 3.56. The van der Waals surface area contributed by atoms with E-state index in [-0.39, 0.29) is 17.7 Å². The molecule has 2 aliphatic rings. The van der Waals surface area contributed by atoms with Crippen LogP contribution in [0.25, 0.3) is 0 Å². The van der Waals surface area contributed by atoms with E-state index in [1.165, 1.54) is 27.0 Å². The van der Waals surface area contributed by atoms with E-state index in [1.807, 2.05) is 0 Å². The average molecular weight is 435 g/mol. The summed E-state index contributed by atoms with van der Waals surface area (Å²) in [7, 11) is -1.89. The Morgan fingerprint density at radius 1 is 1.43 bits per heavy atom. The normalized spacial score (nSPS) is 46.7. The molecule has 2 aliphatic heterocycles. The van der Waals surface area contributed by atoms with Gasteiger partial charge in [0.05, 0.1) is 21.0 Å². The van der Waals surface area contributed by atoms with Crippen molar-refractivity contribution in [2.24, 2.45) is 23.4 Å². The Kier molecular flexibility index (Phi) is 3.12. The molecule has 1 fully saturated rings. The largest absolute Gasteiger partial charge is 0.493 e. The standard InChI is InChI=1S/C24H38N2O4/c1-14(2)9-17-13-26-8-7-16-10-21(28-5)22(29-6)11-18(16)19(26)12-20(17)30-24(27)23(25)15(3)4/h10-11,14-15,17,19-20,23H,7-9,12-13,25H2,1-6H3/t17?,19?,20?,23-/m0/s1/i1D3,6D3,9D2,12D2,13D2,14D,17D,19D,20D/t14?,17?,19?,20?,23-. The number of esters is 1. The number of carbonyl (C=O) groups excluding carboxylic acids is 1. The van der Waals surface area contributed by atoms with Gasteiger partial charge in [0.15, 0.2) is 11.5 Å². The molecule has 2 heterocycles. The lowest BCUT2D eigenvalue weighted by Gasteiger charge is -2.47. The molecule has 6 nitrogen and oxygen atoms in total. The zero-order valence-electron chi connectivity index (χ0n) is 33.4. The Bertz CT molecular complexity index is 1370. The number of carbonyl (C=O) groups is 1. The summed E-state index contributed by atoms with van der Waals surface area (Å²) >= 11 is 0. The second-order valence-electron chi connectivity index (χ2n) is 7.39. The van der Waals surface area contributed by atoms with Crippen LogP contribution in [0.2, 0.25) is 0 Å². The minimum atomic E-state index is -4.14. The van der Waals surface area contributed by atoms with Crippen molar-refractivity contribution in [1.29, 1.82) is 0 Å². The van der Waals surface area contributed by atoms with Crippen molar-refractivity contribution in [3.05, 3.63) is 23.3 Å². The van der Waals surface area contributed by atoms with Crippen LogP contribution in [-0.4, -0.2) is 50.2 Å². The van der Waals surface area contributed by atoms with Crippen LogP contribution in [0.1, 0.15) is 79.4 Å². The van der Waals surface area contributed by atoms with Gasteiger partial charge in [-0.05, 0) is 47.9 Å². The number of piperidine rings is 1. The maximum Gasteiger partial charge on any atom is 0.323 e. The van der Waals surface area contributed by atoms with Gasteiger partial charge in [0.2, 0.25) is 0 Å². The molecule has 0 aromatic heterocycles. The summed E-state index contributed by atoms with van der Waals surface area (Å²) in [5.41, 5.74) is 5.51. The molecule has 1 saturated heterocycles. The van der Waals surface area contributed by atoms with E-state index in [4.69, 9.17) is 32.3 Å². The first kappa shape index (κ1) is 9.78. The first-order valence-electron chi connectivity index (χ1n) is 17.5. The maximum absolute atomic E-state index is 13.3. The van der Waals surface area contributed by atoms with Crippen molar-refractivity contribution >= 4 is 5.97 Å². The smallest absolute Gasteiger partial charge is 0.323 e. The predicted molar refractivity (Wildman–Crippen MR) is 118 cm³/mol. The van der Waals surface area contributed by atoms with Crippen molar-refractivity contribution in [3.63, 3.8) is 0 Å². The molecule has 0 aliphatic carbocycles. The van der Waals surface area contributed by atoms with Gasteiger partial charge in [0.1, 0.15) is 12.1 Å². The molecule has 0 saturated carbocycles. The van der Waals surface area contributed by atoms with Crippen LogP contribution in [-0.2, 0) is 16.0 Å². The second kappa shape index (κ2) is 9.56. The molecule has 5 atom stereocenters. The number of methoxy groups -OCH3 is 2. The van der Waals surface area contributed by atoms with Gasteiger partial charge in [-0.2, -0.15) is 0 Å². The lowest BCUT2D eigenvalue weighted by molar-refractivity contribution is -0.160. The van der Waals surface area contributed by atoms with Gasteiger partial charge in [-0.15, -0.1) is 0 Å². The summed E-state index contributed by atoms with van der Waals surface area (Å²) in [6.07, 6.45) is -12.2. The van der Waals surface area contributed by atoms with Crippen molar-refractivity contribution in [3.8, 4) is 11.5 Å². The maximum atomic E-state index is 13.3. The van der Waals surface area contributed by atoms with E-state index in [2.05, 4.69) is 0 Å². The first-order valence-corrected chi connectivity index (χ1v) is 9.51. The summed E-state index contributed by atoms with van der Waals surface area (Å²) in [6.45, 7) is -4.53. The van der Waals surface area contributed by atoms with Crippen LogP contribution in [0.3, 0.4) is 0 Å². The summed E-state index contributed by atoms with van der Waals surface area (Å²) < 4.78 is 153. The average Bonchev–Trinajstić information content (AvgIpc) is 2.89. The van der Waals surface area contributed by atoms with E-state index in [0.717, 1.165) is 6.07 Å². The third kappa shape index (κ3) is 4.75. The number of nitrogens with two attached hydrogens (primary N) is 1. The van der Waals surface area contributed by atoms with Gasteiger partial charge in [-0.25, -0.2) is 0 Å². The molecule has 0 radical (unpaired) electrons. The van der Waals surface area contributed by atoms with E-state index >= 15 is 0 Å². The van der Waals surface area contributed by atoms with E-state index in [0.29, 0.717) is 11.8 Å². The molecule has 3 rings (SSSR count). The number of rotatable bonds is 7. The SMILES string of the molecule is [2H]C([2H])([2H])Oc1cc2c(cc1OC)CCN1C([2H])([2H])C([2H])(C([2H])([2H])C([2H])(C)C([2H])([2H])[2H])C([2H])(OC(=O)[C@@H](N)C(C)C)C([2H])([2H])C21[2H]. The Hall–Kier alpha value is -1.79. The Balaban J connectivity index is 2.53. The summed E-state index contributed by atoms with van der Waals surface area (Å²) in [4.78, 5) is 13.7. The molecule has 2 N–H and O–H groups in total. The zero-order valence-corrected chi connectivity index (χ0v) is 17.4. The summed E-state index contributed by atoms with van der Waals surface area (Å²) in [6, 6.07) is -2.71. The van der Waals surface area contributed by atoms with Crippen LogP contribution in [0.5, 0.6) is 11.5 Å². The number of ether oxygens (including phenoxy) is 3. The zero-order chi connectivity index (χ0) is 36.1. The quantitative estimate of drug-likeness (QED) is 0.662. The lowest BCUT2D eigenvalue weighted by Crippen LogP contribution is -2.51. The minimum absolute atomic E-state index is 0.0986. The van der Waals surface area contributed by atoms with Crippen LogP contribution >= 0.6 is 0 Å². The topological polar surface area (TPSA) is 74.0 Å². The molecule has 4 unspecified atom stereocenters.